The Morgan fingerprint density at radius 1 is 0.659 bits per heavy atom. The molecular formula is C19H22B4F16O2-4. The fraction of sp³-hybridized carbons (Fsp3) is 0.368. The number of hydrogen-bond donors (Lipinski definition) is 0. The van der Waals surface area contributed by atoms with Crippen LogP contribution in [0, 0.1) is 0 Å². The maximum absolute atomic E-state index is 9.75. The van der Waals surface area contributed by atoms with E-state index in [2.05, 4.69) is 49.4 Å². The van der Waals surface area contributed by atoms with Crippen LogP contribution in [0.5, 0.6) is 5.75 Å². The topological polar surface area (TPSA) is 18.5 Å². The third kappa shape index (κ3) is 27.3. The average Bonchev–Trinajstić information content (AvgIpc) is 2.72. The van der Waals surface area contributed by atoms with Gasteiger partial charge in [-0.1, -0.05) is 49.8 Å². The zero-order chi connectivity index (χ0) is 32.7. The van der Waals surface area contributed by atoms with E-state index in [0.717, 1.165) is 25.2 Å². The molecule has 0 aromatic heterocycles. The maximum atomic E-state index is 9.75. The van der Waals surface area contributed by atoms with Crippen LogP contribution in [0.25, 0.3) is 16.8 Å². The van der Waals surface area contributed by atoms with Gasteiger partial charge in [0.2, 0.25) is 0 Å². The van der Waals surface area contributed by atoms with Crippen molar-refractivity contribution in [2.75, 3.05) is 13.2 Å². The van der Waals surface area contributed by atoms with Gasteiger partial charge in [0.1, 0.15) is 11.9 Å². The Labute approximate surface area is 224 Å². The van der Waals surface area contributed by atoms with E-state index >= 15 is 0 Å². The molecule has 2 aromatic rings. The first kappa shape index (κ1) is 40.5. The minimum Gasteiger partial charge on any atom is -0.493 e. The molecule has 0 radical (unpaired) electrons. The highest BCUT2D eigenvalue weighted by molar-refractivity contribution is 6.50. The van der Waals surface area contributed by atoms with Crippen molar-refractivity contribution in [3.05, 3.63) is 47.5 Å². The largest absolute Gasteiger partial charge is 0.673 e. The number of halogens is 16. The van der Waals surface area contributed by atoms with Crippen LogP contribution in [0.2, 0.25) is 0 Å². The molecule has 0 N–H and O–H groups in total. The van der Waals surface area contributed by atoms with E-state index < -0.39 is 29.0 Å². The summed E-state index contributed by atoms with van der Waals surface area (Å²) < 4.78 is 168. The molecule has 0 fully saturated rings. The zero-order valence-electron chi connectivity index (χ0n) is 21.1. The molecule has 0 aliphatic heterocycles. The van der Waals surface area contributed by atoms with E-state index in [4.69, 9.17) is 9.47 Å². The smallest absolute Gasteiger partial charge is 0.493 e. The number of ether oxygens (including phenoxy) is 2. The van der Waals surface area contributed by atoms with E-state index in [0.29, 0.717) is 6.61 Å². The summed E-state index contributed by atoms with van der Waals surface area (Å²) in [4.78, 5) is 0. The Hall–Kier alpha value is -2.66. The lowest BCUT2D eigenvalue weighted by Crippen LogP contribution is -2.09. The molecule has 2 aromatic carbocycles. The minimum absolute atomic E-state index is 0.00905. The molecule has 1 unspecified atom stereocenters. The molecule has 0 amide bonds. The number of rotatable bonds is 6. The van der Waals surface area contributed by atoms with Crippen LogP contribution < -0.4 is 4.74 Å². The van der Waals surface area contributed by atoms with Crippen LogP contribution in [0.1, 0.15) is 43.9 Å². The van der Waals surface area contributed by atoms with Gasteiger partial charge in [0.05, 0.1) is 6.61 Å². The predicted octanol–water partition coefficient (Wildman–Crippen LogP) is 10.3. The third-order valence-electron chi connectivity index (χ3n) is 3.91. The first-order valence-corrected chi connectivity index (χ1v) is 11.3. The molecule has 41 heavy (non-hydrogen) atoms. The maximum Gasteiger partial charge on any atom is 0.673 e. The van der Waals surface area contributed by atoms with Crippen molar-refractivity contribution in [2.24, 2.45) is 0 Å². The van der Waals surface area contributed by atoms with Gasteiger partial charge in [-0.2, -0.15) is 0 Å². The van der Waals surface area contributed by atoms with Gasteiger partial charge in [0, 0.05) is 12.2 Å². The van der Waals surface area contributed by atoms with E-state index in [1.807, 2.05) is 6.92 Å². The Balaban J connectivity index is 0. The van der Waals surface area contributed by atoms with Crippen molar-refractivity contribution in [1.29, 1.82) is 0 Å². The van der Waals surface area contributed by atoms with Crippen molar-refractivity contribution in [2.45, 2.75) is 32.8 Å². The van der Waals surface area contributed by atoms with Crippen LogP contribution in [-0.2, 0) is 4.74 Å². The first-order valence-electron chi connectivity index (χ1n) is 11.3. The summed E-state index contributed by atoms with van der Waals surface area (Å²) >= 11 is 0. The van der Waals surface area contributed by atoms with E-state index in [1.165, 1.54) is 21.9 Å². The zero-order valence-corrected chi connectivity index (χ0v) is 21.1. The number of hydrogen-bond acceptors (Lipinski definition) is 2. The summed E-state index contributed by atoms with van der Waals surface area (Å²) in [6.45, 7) is 5.67. The van der Waals surface area contributed by atoms with Gasteiger partial charge in [0.15, 0.2) is 0 Å². The van der Waals surface area contributed by atoms with E-state index in [-0.39, 0.29) is 6.10 Å². The normalized spacial score (nSPS) is 14.2. The monoisotopic (exact) mass is 630 g/mol. The molecular weight excluding hydrogens is 607 g/mol. The molecule has 1 aliphatic rings. The van der Waals surface area contributed by atoms with Gasteiger partial charge in [-0.25, -0.2) is 0 Å². The molecule has 1 atom stereocenters. The van der Waals surface area contributed by atoms with Crippen molar-refractivity contribution in [3.63, 3.8) is 0 Å². The lowest BCUT2D eigenvalue weighted by Gasteiger charge is -2.24. The number of benzene rings is 2. The highest BCUT2D eigenvalue weighted by Crippen LogP contribution is 2.41. The van der Waals surface area contributed by atoms with E-state index in [1.54, 1.807) is 0 Å². The Morgan fingerprint density at radius 3 is 1.54 bits per heavy atom. The average molecular weight is 630 g/mol. The summed E-state index contributed by atoms with van der Waals surface area (Å²) in [6.07, 6.45) is 6.50. The molecule has 0 spiro atoms. The Bertz CT molecular complexity index is 967. The van der Waals surface area contributed by atoms with E-state index in [9.17, 15) is 69.1 Å². The fourth-order valence-electron chi connectivity index (χ4n) is 2.90. The summed E-state index contributed by atoms with van der Waals surface area (Å²) in [5, 5.41) is 2.52. The second kappa shape index (κ2) is 18.0. The number of unbranched alkanes of at least 4 members (excludes halogenated alkanes) is 1. The molecule has 0 saturated heterocycles. The molecule has 0 saturated carbocycles. The summed E-state index contributed by atoms with van der Waals surface area (Å²) in [6, 6.07) is 10.6. The van der Waals surface area contributed by atoms with Crippen LogP contribution in [0.4, 0.5) is 69.1 Å². The molecule has 22 heteroatoms. The molecule has 0 bridgehead atoms. The summed E-state index contributed by atoms with van der Waals surface area (Å²) in [5.74, 6) is 0.964. The van der Waals surface area contributed by atoms with Crippen molar-refractivity contribution in [1.82, 2.24) is 0 Å². The lowest BCUT2D eigenvalue weighted by atomic mass is 9.90. The molecule has 3 rings (SSSR count). The van der Waals surface area contributed by atoms with Gasteiger partial charge < -0.3 is 78.5 Å². The summed E-state index contributed by atoms with van der Waals surface area (Å²) in [5.41, 5.74) is 2.43. The van der Waals surface area contributed by atoms with Crippen molar-refractivity contribution >= 4 is 45.9 Å². The minimum atomic E-state index is -6.00. The van der Waals surface area contributed by atoms with Gasteiger partial charge in [-0.05, 0) is 35.7 Å². The predicted molar refractivity (Wildman–Crippen MR) is 128 cm³/mol. The van der Waals surface area contributed by atoms with Crippen LogP contribution in [0.3, 0.4) is 0 Å². The summed E-state index contributed by atoms with van der Waals surface area (Å²) in [7, 11) is -24.0. The molecule has 1 aliphatic carbocycles. The fourth-order valence-corrected chi connectivity index (χ4v) is 2.90. The Kier molecular flexibility index (Phi) is 17.8. The third-order valence-corrected chi connectivity index (χ3v) is 3.91. The van der Waals surface area contributed by atoms with Gasteiger partial charge >= 0.3 is 29.0 Å². The molecule has 0 heterocycles. The van der Waals surface area contributed by atoms with Crippen LogP contribution in [-0.4, -0.2) is 42.2 Å². The first-order chi connectivity index (χ1) is 18.3. The van der Waals surface area contributed by atoms with Crippen LogP contribution in [0.15, 0.2) is 36.4 Å². The lowest BCUT2D eigenvalue weighted by molar-refractivity contribution is 0.0953. The molecule has 2 nitrogen and oxygen atoms in total. The van der Waals surface area contributed by atoms with Crippen molar-refractivity contribution in [3.8, 4) is 5.75 Å². The second-order valence-electron chi connectivity index (χ2n) is 7.34. The molecule has 238 valence electrons. The van der Waals surface area contributed by atoms with Gasteiger partial charge in [-0.15, -0.1) is 0 Å². The standard InChI is InChI=1S/C19H22O2.4BF4/c1-3-5-13-21-17-12-10-15-8-6-7-14-9-11-16(20-4-2)19(17)18(14)15;4*2-1(3,4)5/h6-12,16H,3-5,13H2,1-2H3;;;;/q;4*-1. The highest BCUT2D eigenvalue weighted by Gasteiger charge is 2.23. The van der Waals surface area contributed by atoms with Gasteiger partial charge in [-0.3, -0.25) is 0 Å². The SMILES string of the molecule is CCCCOc1ccc2cccc3c2c1C(OCC)C=C3.F[B-](F)(F)F.F[B-](F)(F)F.F[B-](F)(F)F.F[B-](F)(F)F. The Morgan fingerprint density at radius 2 is 1.12 bits per heavy atom. The quantitative estimate of drug-likeness (QED) is 0.180. The van der Waals surface area contributed by atoms with Gasteiger partial charge in [0.25, 0.3) is 0 Å². The van der Waals surface area contributed by atoms with Crippen molar-refractivity contribution < 1.29 is 78.5 Å². The highest BCUT2D eigenvalue weighted by atomic mass is 19.5. The van der Waals surface area contributed by atoms with Crippen LogP contribution >= 0.6 is 0 Å². The second-order valence-corrected chi connectivity index (χ2v) is 7.34.